The number of hydrogen-bond acceptors (Lipinski definition) is 3. The van der Waals surface area contributed by atoms with Crippen molar-refractivity contribution < 1.29 is 19.4 Å². The number of carbonyl (C=O) groups is 1. The van der Waals surface area contributed by atoms with Crippen molar-refractivity contribution in [3.8, 4) is 11.5 Å². The van der Waals surface area contributed by atoms with Crippen molar-refractivity contribution in [2.75, 3.05) is 5.32 Å². The molecule has 0 aromatic heterocycles. The lowest BCUT2D eigenvalue weighted by atomic mass is 10.1. The fourth-order valence-electron chi connectivity index (χ4n) is 1.54. The van der Waals surface area contributed by atoms with Crippen LogP contribution in [0.15, 0.2) is 36.4 Å². The predicted octanol–water partition coefficient (Wildman–Crippen LogP) is 3.14. The van der Waals surface area contributed by atoms with Crippen molar-refractivity contribution in [1.29, 1.82) is 0 Å². The average molecular weight is 282 g/mol. The Morgan fingerprint density at radius 2 is 1.79 bits per heavy atom. The Balaban J connectivity index is 2.31. The van der Waals surface area contributed by atoms with Crippen LogP contribution in [0.2, 0.25) is 5.02 Å². The predicted molar refractivity (Wildman–Crippen MR) is 69.1 cm³/mol. The van der Waals surface area contributed by atoms with Gasteiger partial charge in [-0.05, 0) is 30.3 Å². The van der Waals surface area contributed by atoms with Gasteiger partial charge in [0.2, 0.25) is 0 Å². The highest BCUT2D eigenvalue weighted by molar-refractivity contribution is 6.30. The van der Waals surface area contributed by atoms with E-state index in [4.69, 9.17) is 11.6 Å². The molecule has 2 rings (SSSR count). The molecule has 2 aromatic carbocycles. The van der Waals surface area contributed by atoms with Crippen molar-refractivity contribution in [2.24, 2.45) is 0 Å². The molecule has 0 aliphatic rings. The lowest BCUT2D eigenvalue weighted by Crippen LogP contribution is -2.13. The number of amides is 1. The SMILES string of the molecule is O=C(Nc1ccc(Cl)cc1F)c1c(O)cccc1O. The zero-order valence-corrected chi connectivity index (χ0v) is 10.3. The minimum absolute atomic E-state index is 0.1000. The Bertz CT molecular complexity index is 626. The minimum Gasteiger partial charge on any atom is -0.507 e. The van der Waals surface area contributed by atoms with Gasteiger partial charge in [-0.1, -0.05) is 17.7 Å². The van der Waals surface area contributed by atoms with Crippen LogP contribution in [-0.2, 0) is 0 Å². The van der Waals surface area contributed by atoms with E-state index in [0.717, 1.165) is 6.07 Å². The maximum absolute atomic E-state index is 13.5. The highest BCUT2D eigenvalue weighted by atomic mass is 35.5. The van der Waals surface area contributed by atoms with Crippen LogP contribution in [-0.4, -0.2) is 16.1 Å². The number of rotatable bonds is 2. The largest absolute Gasteiger partial charge is 0.507 e. The van der Waals surface area contributed by atoms with E-state index in [2.05, 4.69) is 5.32 Å². The second-order valence-electron chi connectivity index (χ2n) is 3.75. The van der Waals surface area contributed by atoms with Gasteiger partial charge in [-0.3, -0.25) is 4.79 Å². The Kier molecular flexibility index (Phi) is 3.57. The van der Waals surface area contributed by atoms with Gasteiger partial charge in [-0.15, -0.1) is 0 Å². The molecular formula is C13H9ClFNO3. The zero-order valence-electron chi connectivity index (χ0n) is 9.52. The normalized spacial score (nSPS) is 10.2. The average Bonchev–Trinajstić information content (AvgIpc) is 2.32. The molecule has 0 atom stereocenters. The lowest BCUT2D eigenvalue weighted by molar-refractivity contribution is 0.102. The lowest BCUT2D eigenvalue weighted by Gasteiger charge is -2.09. The zero-order chi connectivity index (χ0) is 14.0. The molecule has 2 aromatic rings. The molecule has 4 nitrogen and oxygen atoms in total. The molecule has 3 N–H and O–H groups in total. The summed E-state index contributed by atoms with van der Waals surface area (Å²) in [6, 6.07) is 7.60. The fraction of sp³-hybridized carbons (Fsp3) is 0. The molecule has 98 valence electrons. The van der Waals surface area contributed by atoms with Gasteiger partial charge in [0.25, 0.3) is 5.91 Å². The first kappa shape index (κ1) is 13.2. The summed E-state index contributed by atoms with van der Waals surface area (Å²) < 4.78 is 13.5. The van der Waals surface area contributed by atoms with Crippen LogP contribution < -0.4 is 5.32 Å². The Morgan fingerprint density at radius 1 is 1.16 bits per heavy atom. The minimum atomic E-state index is -0.822. The van der Waals surface area contributed by atoms with Crippen LogP contribution in [0.25, 0.3) is 0 Å². The molecule has 0 unspecified atom stereocenters. The first-order valence-electron chi connectivity index (χ1n) is 5.26. The molecule has 0 saturated heterocycles. The molecule has 0 bridgehead atoms. The standard InChI is InChI=1S/C13H9ClFNO3/c14-7-4-5-9(8(15)6-7)16-13(19)12-10(17)2-1-3-11(12)18/h1-6,17-18H,(H,16,19). The van der Waals surface area contributed by atoms with Gasteiger partial charge in [0, 0.05) is 5.02 Å². The quantitative estimate of drug-likeness (QED) is 0.792. The monoisotopic (exact) mass is 281 g/mol. The van der Waals surface area contributed by atoms with E-state index in [1.807, 2.05) is 0 Å². The number of halogens is 2. The van der Waals surface area contributed by atoms with Crippen LogP contribution in [0.5, 0.6) is 11.5 Å². The highest BCUT2D eigenvalue weighted by Crippen LogP contribution is 2.28. The van der Waals surface area contributed by atoms with Gasteiger partial charge in [0.05, 0.1) is 5.69 Å². The van der Waals surface area contributed by atoms with E-state index in [1.54, 1.807) is 0 Å². The van der Waals surface area contributed by atoms with Crippen molar-refractivity contribution >= 4 is 23.2 Å². The van der Waals surface area contributed by atoms with Crippen LogP contribution in [0.4, 0.5) is 10.1 Å². The maximum atomic E-state index is 13.5. The summed E-state index contributed by atoms with van der Waals surface area (Å²) >= 11 is 5.59. The fourth-order valence-corrected chi connectivity index (χ4v) is 1.70. The summed E-state index contributed by atoms with van der Waals surface area (Å²) in [6.07, 6.45) is 0. The molecule has 0 aliphatic carbocycles. The van der Waals surface area contributed by atoms with Crippen molar-refractivity contribution in [3.63, 3.8) is 0 Å². The summed E-state index contributed by atoms with van der Waals surface area (Å²) in [6.45, 7) is 0. The molecule has 19 heavy (non-hydrogen) atoms. The molecule has 6 heteroatoms. The van der Waals surface area contributed by atoms with E-state index in [0.29, 0.717) is 0 Å². The molecule has 0 heterocycles. The third kappa shape index (κ3) is 2.77. The third-order valence-electron chi connectivity index (χ3n) is 2.43. The van der Waals surface area contributed by atoms with E-state index in [-0.39, 0.29) is 16.3 Å². The molecule has 0 radical (unpaired) electrons. The van der Waals surface area contributed by atoms with Crippen LogP contribution in [0.3, 0.4) is 0 Å². The topological polar surface area (TPSA) is 69.6 Å². The molecule has 1 amide bonds. The summed E-state index contributed by atoms with van der Waals surface area (Å²) in [4.78, 5) is 11.9. The third-order valence-corrected chi connectivity index (χ3v) is 2.66. The van der Waals surface area contributed by atoms with E-state index >= 15 is 0 Å². The molecule has 0 spiro atoms. The van der Waals surface area contributed by atoms with Crippen LogP contribution in [0.1, 0.15) is 10.4 Å². The first-order valence-corrected chi connectivity index (χ1v) is 5.64. The Labute approximate surface area is 113 Å². The molecule has 0 saturated carbocycles. The van der Waals surface area contributed by atoms with Gasteiger partial charge in [-0.25, -0.2) is 4.39 Å². The first-order chi connectivity index (χ1) is 8.99. The van der Waals surface area contributed by atoms with Crippen LogP contribution in [0, 0.1) is 5.82 Å². The molecular weight excluding hydrogens is 273 g/mol. The Morgan fingerprint density at radius 3 is 2.37 bits per heavy atom. The van der Waals surface area contributed by atoms with E-state index in [1.165, 1.54) is 30.3 Å². The van der Waals surface area contributed by atoms with E-state index in [9.17, 15) is 19.4 Å². The van der Waals surface area contributed by atoms with Crippen molar-refractivity contribution in [2.45, 2.75) is 0 Å². The number of hydrogen-bond donors (Lipinski definition) is 3. The van der Waals surface area contributed by atoms with Gasteiger partial charge in [0.15, 0.2) is 0 Å². The van der Waals surface area contributed by atoms with Crippen molar-refractivity contribution in [3.05, 3.63) is 52.8 Å². The van der Waals surface area contributed by atoms with Gasteiger partial charge in [0.1, 0.15) is 22.9 Å². The number of phenols is 2. The van der Waals surface area contributed by atoms with Gasteiger partial charge >= 0.3 is 0 Å². The van der Waals surface area contributed by atoms with Gasteiger partial charge in [-0.2, -0.15) is 0 Å². The van der Waals surface area contributed by atoms with Crippen LogP contribution >= 0.6 is 11.6 Å². The van der Waals surface area contributed by atoms with Gasteiger partial charge < -0.3 is 15.5 Å². The summed E-state index contributed by atoms with van der Waals surface area (Å²) in [7, 11) is 0. The summed E-state index contributed by atoms with van der Waals surface area (Å²) in [5.74, 6) is -2.33. The van der Waals surface area contributed by atoms with E-state index < -0.39 is 23.2 Å². The summed E-state index contributed by atoms with van der Waals surface area (Å²) in [5, 5.41) is 21.5. The second kappa shape index (κ2) is 5.16. The number of anilines is 1. The number of phenolic OH excluding ortho intramolecular Hbond substituents is 2. The number of benzene rings is 2. The smallest absolute Gasteiger partial charge is 0.263 e. The summed E-state index contributed by atoms with van der Waals surface area (Å²) in [5.41, 5.74) is -0.422. The van der Waals surface area contributed by atoms with Crippen molar-refractivity contribution in [1.82, 2.24) is 0 Å². The maximum Gasteiger partial charge on any atom is 0.263 e. The number of carbonyl (C=O) groups excluding carboxylic acids is 1. The molecule has 0 fully saturated rings. The highest BCUT2D eigenvalue weighted by Gasteiger charge is 2.17. The number of nitrogens with one attached hydrogen (secondary N) is 1. The second-order valence-corrected chi connectivity index (χ2v) is 4.19. The molecule has 0 aliphatic heterocycles. The Hall–Kier alpha value is -2.27. The number of aromatic hydroxyl groups is 2.